The van der Waals surface area contributed by atoms with Gasteiger partial charge in [0, 0.05) is 19.3 Å². The van der Waals surface area contributed by atoms with Crippen LogP contribution in [0.2, 0.25) is 0 Å². The number of nitrogens with zero attached hydrogens (tertiary/aromatic N) is 3. The number of halogens is 1. The van der Waals surface area contributed by atoms with E-state index in [1.54, 1.807) is 6.20 Å². The first-order valence-corrected chi connectivity index (χ1v) is 6.66. The van der Waals surface area contributed by atoms with Gasteiger partial charge in [-0.1, -0.05) is 6.07 Å². The third-order valence-electron chi connectivity index (χ3n) is 2.62. The highest BCUT2D eigenvalue weighted by atomic mass is 19.1. The Labute approximate surface area is 132 Å². The summed E-state index contributed by atoms with van der Waals surface area (Å²) in [6.45, 7) is 2.95. The third-order valence-corrected chi connectivity index (χ3v) is 2.62. The van der Waals surface area contributed by atoms with Gasteiger partial charge >= 0.3 is 0 Å². The largest absolute Gasteiger partial charge is 0.483 e. The Morgan fingerprint density at radius 3 is 2.70 bits per heavy atom. The molecule has 124 valence electrons. The van der Waals surface area contributed by atoms with Crippen molar-refractivity contribution in [2.45, 2.75) is 6.92 Å². The van der Waals surface area contributed by atoms with Crippen molar-refractivity contribution < 1.29 is 19.0 Å². The molecule has 9 heteroatoms. The van der Waals surface area contributed by atoms with E-state index in [0.29, 0.717) is 19.0 Å². The zero-order valence-corrected chi connectivity index (χ0v) is 12.8. The van der Waals surface area contributed by atoms with Crippen LogP contribution in [0.15, 0.2) is 24.5 Å². The van der Waals surface area contributed by atoms with Crippen LogP contribution >= 0.6 is 0 Å². The fourth-order valence-electron chi connectivity index (χ4n) is 1.61. The molecule has 2 aromatic heterocycles. The average Bonchev–Trinajstić information content (AvgIpc) is 2.55. The molecule has 0 saturated heterocycles. The van der Waals surface area contributed by atoms with Crippen molar-refractivity contribution in [3.63, 3.8) is 0 Å². The van der Waals surface area contributed by atoms with Gasteiger partial charge in [0.05, 0.1) is 13.3 Å². The molecule has 23 heavy (non-hydrogen) atoms. The minimum Gasteiger partial charge on any atom is -0.483 e. The number of aromatic nitrogens is 3. The van der Waals surface area contributed by atoms with Gasteiger partial charge in [0.2, 0.25) is 11.8 Å². The second-order valence-corrected chi connectivity index (χ2v) is 4.18. The van der Waals surface area contributed by atoms with E-state index in [-0.39, 0.29) is 12.4 Å². The van der Waals surface area contributed by atoms with E-state index >= 15 is 0 Å². The monoisotopic (exact) mass is 323 g/mol. The van der Waals surface area contributed by atoms with Crippen molar-refractivity contribution in [2.75, 3.05) is 30.8 Å². The second kappa shape index (κ2) is 9.87. The fourth-order valence-corrected chi connectivity index (χ4v) is 1.61. The quantitative estimate of drug-likeness (QED) is 0.543. The number of hydrogen-bond donors (Lipinski definition) is 3. The molecule has 0 saturated carbocycles. The highest BCUT2D eigenvalue weighted by Gasteiger charge is 2.06. The smallest absolute Gasteiger partial charge is 0.290 e. The molecule has 0 aliphatic heterocycles. The number of rotatable bonds is 6. The molecule has 2 heterocycles. The van der Waals surface area contributed by atoms with E-state index in [0.717, 1.165) is 17.6 Å². The third kappa shape index (κ3) is 6.12. The summed E-state index contributed by atoms with van der Waals surface area (Å²) in [4.78, 5) is 20.3. The minimum atomic E-state index is -0.583. The number of nitrogens with one attached hydrogen (secondary N) is 2. The van der Waals surface area contributed by atoms with Crippen LogP contribution in [-0.2, 0) is 4.79 Å². The summed E-state index contributed by atoms with van der Waals surface area (Å²) in [5.74, 6) is 0.506. The Morgan fingerprint density at radius 2 is 2.04 bits per heavy atom. The van der Waals surface area contributed by atoms with E-state index < -0.39 is 5.82 Å². The number of pyridine rings is 1. The highest BCUT2D eigenvalue weighted by molar-refractivity contribution is 5.42. The zero-order valence-electron chi connectivity index (χ0n) is 12.8. The Kier molecular flexibility index (Phi) is 7.76. The van der Waals surface area contributed by atoms with Crippen LogP contribution in [-0.4, -0.2) is 46.7 Å². The molecule has 0 spiro atoms. The van der Waals surface area contributed by atoms with Gasteiger partial charge in [-0.2, -0.15) is 9.37 Å². The van der Waals surface area contributed by atoms with Crippen molar-refractivity contribution in [2.24, 2.45) is 0 Å². The van der Waals surface area contributed by atoms with E-state index in [2.05, 4.69) is 25.6 Å². The molecular weight excluding hydrogens is 305 g/mol. The zero-order chi connectivity index (χ0) is 17.1. The van der Waals surface area contributed by atoms with Gasteiger partial charge in [0.1, 0.15) is 5.82 Å². The van der Waals surface area contributed by atoms with Crippen molar-refractivity contribution in [3.05, 3.63) is 35.9 Å². The molecule has 0 unspecified atom stereocenters. The SMILES string of the molecule is COc1nc(NCCNc2ncccc2C)ncc1F.O=CO. The lowest BCUT2D eigenvalue weighted by molar-refractivity contribution is -0.122. The maximum Gasteiger partial charge on any atom is 0.290 e. The van der Waals surface area contributed by atoms with Crippen molar-refractivity contribution >= 4 is 18.2 Å². The van der Waals surface area contributed by atoms with Gasteiger partial charge in [-0.25, -0.2) is 9.97 Å². The van der Waals surface area contributed by atoms with E-state index in [9.17, 15) is 4.39 Å². The van der Waals surface area contributed by atoms with Crippen LogP contribution in [0.1, 0.15) is 5.56 Å². The molecule has 2 rings (SSSR count). The summed E-state index contributed by atoms with van der Waals surface area (Å²) >= 11 is 0. The summed E-state index contributed by atoms with van der Waals surface area (Å²) < 4.78 is 17.9. The van der Waals surface area contributed by atoms with Crippen molar-refractivity contribution in [1.82, 2.24) is 15.0 Å². The molecule has 2 aromatic rings. The summed E-state index contributed by atoms with van der Waals surface area (Å²) in [6.07, 6.45) is 2.81. The van der Waals surface area contributed by atoms with Crippen LogP contribution in [0.3, 0.4) is 0 Å². The first-order valence-electron chi connectivity index (χ1n) is 6.66. The molecule has 0 aliphatic carbocycles. The number of aryl methyl sites for hydroxylation is 1. The normalized spacial score (nSPS) is 9.35. The number of anilines is 2. The Hall–Kier alpha value is -2.97. The first-order chi connectivity index (χ1) is 11.1. The number of carboxylic acid groups (broad SMARTS) is 1. The van der Waals surface area contributed by atoms with Crippen LogP contribution in [0.4, 0.5) is 16.2 Å². The molecule has 8 nitrogen and oxygen atoms in total. The van der Waals surface area contributed by atoms with E-state index in [1.165, 1.54) is 7.11 Å². The number of ether oxygens (including phenoxy) is 1. The lowest BCUT2D eigenvalue weighted by atomic mass is 10.3. The summed E-state index contributed by atoms with van der Waals surface area (Å²) in [5, 5.41) is 13.1. The standard InChI is InChI=1S/C13H16FN5O.CH2O2/c1-9-4-3-5-15-11(9)16-6-7-17-13-18-8-10(14)12(19-13)20-2;2-1-3/h3-5,8H,6-7H2,1-2H3,(H,15,16)(H,17,18,19);1H,(H,2,3). The number of methoxy groups -OCH3 is 1. The molecule has 0 atom stereocenters. The highest BCUT2D eigenvalue weighted by Crippen LogP contribution is 2.13. The van der Waals surface area contributed by atoms with Crippen LogP contribution in [0, 0.1) is 12.7 Å². The first kappa shape index (κ1) is 18.1. The Morgan fingerprint density at radius 1 is 1.35 bits per heavy atom. The Balaban J connectivity index is 0.000000816. The van der Waals surface area contributed by atoms with Gasteiger partial charge in [0.15, 0.2) is 0 Å². The van der Waals surface area contributed by atoms with Crippen LogP contribution < -0.4 is 15.4 Å². The Bertz CT molecular complexity index is 627. The molecule has 0 aliphatic rings. The summed E-state index contributed by atoms with van der Waals surface area (Å²) in [7, 11) is 1.36. The molecule has 0 aromatic carbocycles. The van der Waals surface area contributed by atoms with Crippen molar-refractivity contribution in [3.8, 4) is 5.88 Å². The molecule has 0 fully saturated rings. The predicted octanol–water partition coefficient (Wildman–Crippen LogP) is 1.55. The maximum absolute atomic E-state index is 13.1. The fraction of sp³-hybridized carbons (Fsp3) is 0.286. The molecule has 0 bridgehead atoms. The number of carbonyl (C=O) groups is 1. The molecule has 0 amide bonds. The maximum atomic E-state index is 13.1. The average molecular weight is 323 g/mol. The lowest BCUT2D eigenvalue weighted by Crippen LogP contribution is -2.16. The van der Waals surface area contributed by atoms with E-state index in [1.807, 2.05) is 19.1 Å². The number of hydrogen-bond acceptors (Lipinski definition) is 7. The second-order valence-electron chi connectivity index (χ2n) is 4.18. The lowest BCUT2D eigenvalue weighted by Gasteiger charge is -2.09. The summed E-state index contributed by atoms with van der Waals surface area (Å²) in [5.41, 5.74) is 1.08. The van der Waals surface area contributed by atoms with Gasteiger partial charge < -0.3 is 20.5 Å². The van der Waals surface area contributed by atoms with Gasteiger partial charge in [0.25, 0.3) is 12.4 Å². The van der Waals surface area contributed by atoms with E-state index in [4.69, 9.17) is 14.6 Å². The van der Waals surface area contributed by atoms with Crippen molar-refractivity contribution in [1.29, 1.82) is 0 Å². The van der Waals surface area contributed by atoms with Crippen LogP contribution in [0.5, 0.6) is 5.88 Å². The molecule has 3 N–H and O–H groups in total. The summed E-state index contributed by atoms with van der Waals surface area (Å²) in [6, 6.07) is 3.87. The van der Waals surface area contributed by atoms with Gasteiger partial charge in [-0.05, 0) is 18.6 Å². The van der Waals surface area contributed by atoms with Crippen LogP contribution in [0.25, 0.3) is 0 Å². The minimum absolute atomic E-state index is 0.0731. The predicted molar refractivity (Wildman–Crippen MR) is 83.2 cm³/mol. The topological polar surface area (TPSA) is 109 Å². The van der Waals surface area contributed by atoms with Gasteiger partial charge in [-0.3, -0.25) is 4.79 Å². The molecule has 0 radical (unpaired) electrons. The van der Waals surface area contributed by atoms with Gasteiger partial charge in [-0.15, -0.1) is 0 Å². The molecular formula is C14H18FN5O3.